The van der Waals surface area contributed by atoms with E-state index in [4.69, 9.17) is 11.6 Å². The highest BCUT2D eigenvalue weighted by atomic mass is 35.5. The SMILES string of the molecule is CC(NC(=O)Nc1ccc(-c2csnn2)cc1)c1ccccc1Cl. The summed E-state index contributed by atoms with van der Waals surface area (Å²) in [5, 5.41) is 12.2. The summed E-state index contributed by atoms with van der Waals surface area (Å²) in [6, 6.07) is 14.4. The van der Waals surface area contributed by atoms with Crippen LogP contribution in [-0.2, 0) is 0 Å². The second-order valence-corrected chi connectivity index (χ2v) is 6.23. The summed E-state index contributed by atoms with van der Waals surface area (Å²) in [5.74, 6) is 0. The van der Waals surface area contributed by atoms with E-state index < -0.39 is 0 Å². The highest BCUT2D eigenvalue weighted by Gasteiger charge is 2.12. The first-order valence-corrected chi connectivity index (χ1v) is 8.54. The normalized spacial score (nSPS) is 11.8. The fraction of sp³-hybridized carbons (Fsp3) is 0.118. The van der Waals surface area contributed by atoms with Gasteiger partial charge in [-0.25, -0.2) is 4.79 Å². The Hall–Kier alpha value is -2.44. The molecule has 3 aromatic rings. The van der Waals surface area contributed by atoms with E-state index in [2.05, 4.69) is 20.2 Å². The van der Waals surface area contributed by atoms with Gasteiger partial charge in [-0.3, -0.25) is 0 Å². The average Bonchev–Trinajstić information content (AvgIpc) is 3.10. The number of urea groups is 1. The van der Waals surface area contributed by atoms with Crippen molar-refractivity contribution in [1.29, 1.82) is 0 Å². The van der Waals surface area contributed by atoms with Crippen LogP contribution in [0.2, 0.25) is 5.02 Å². The van der Waals surface area contributed by atoms with Gasteiger partial charge in [-0.1, -0.05) is 46.4 Å². The summed E-state index contributed by atoms with van der Waals surface area (Å²) in [4.78, 5) is 12.1. The molecule has 0 fully saturated rings. The van der Waals surface area contributed by atoms with Gasteiger partial charge < -0.3 is 10.6 Å². The van der Waals surface area contributed by atoms with Crippen LogP contribution in [0.1, 0.15) is 18.5 Å². The maximum atomic E-state index is 12.1. The molecule has 0 aliphatic rings. The number of nitrogens with zero attached hydrogens (tertiary/aromatic N) is 2. The van der Waals surface area contributed by atoms with E-state index >= 15 is 0 Å². The van der Waals surface area contributed by atoms with E-state index in [1.54, 1.807) is 6.07 Å². The molecule has 0 aliphatic carbocycles. The zero-order chi connectivity index (χ0) is 16.9. The number of hydrogen-bond donors (Lipinski definition) is 2. The molecular weight excluding hydrogens is 344 g/mol. The van der Waals surface area contributed by atoms with Crippen LogP contribution in [0, 0.1) is 0 Å². The van der Waals surface area contributed by atoms with Crippen molar-refractivity contribution in [3.63, 3.8) is 0 Å². The van der Waals surface area contributed by atoms with E-state index in [0.29, 0.717) is 10.7 Å². The van der Waals surface area contributed by atoms with Crippen molar-refractivity contribution >= 4 is 34.9 Å². The smallest absolute Gasteiger partial charge is 0.319 e. The lowest BCUT2D eigenvalue weighted by Gasteiger charge is -2.16. The molecule has 3 rings (SSSR count). The molecule has 1 aromatic heterocycles. The number of hydrogen-bond acceptors (Lipinski definition) is 4. The first kappa shape index (κ1) is 16.4. The van der Waals surface area contributed by atoms with Crippen LogP contribution in [0.15, 0.2) is 53.9 Å². The topological polar surface area (TPSA) is 66.9 Å². The minimum absolute atomic E-state index is 0.195. The molecule has 1 heterocycles. The van der Waals surface area contributed by atoms with Crippen molar-refractivity contribution in [2.45, 2.75) is 13.0 Å². The molecule has 2 amide bonds. The summed E-state index contributed by atoms with van der Waals surface area (Å²) < 4.78 is 3.84. The number of carbonyl (C=O) groups is 1. The molecule has 2 aromatic carbocycles. The van der Waals surface area contributed by atoms with Gasteiger partial charge in [-0.05, 0) is 42.2 Å². The van der Waals surface area contributed by atoms with Gasteiger partial charge in [-0.15, -0.1) is 5.10 Å². The molecule has 2 N–H and O–H groups in total. The van der Waals surface area contributed by atoms with Crippen LogP contribution in [-0.4, -0.2) is 15.6 Å². The number of rotatable bonds is 4. The Morgan fingerprint density at radius 1 is 1.17 bits per heavy atom. The van der Waals surface area contributed by atoms with Crippen molar-refractivity contribution in [3.05, 3.63) is 64.5 Å². The molecule has 1 unspecified atom stereocenters. The summed E-state index contributed by atoms with van der Waals surface area (Å²) in [6.45, 7) is 1.89. The van der Waals surface area contributed by atoms with Crippen LogP contribution in [0.25, 0.3) is 11.3 Å². The Balaban J connectivity index is 1.62. The number of aromatic nitrogens is 2. The summed E-state index contributed by atoms with van der Waals surface area (Å²) >= 11 is 7.45. The van der Waals surface area contributed by atoms with Crippen molar-refractivity contribution in [2.24, 2.45) is 0 Å². The summed E-state index contributed by atoms with van der Waals surface area (Å²) in [6.07, 6.45) is 0. The van der Waals surface area contributed by atoms with Gasteiger partial charge >= 0.3 is 6.03 Å². The molecule has 1 atom stereocenters. The Morgan fingerprint density at radius 3 is 2.58 bits per heavy atom. The lowest BCUT2D eigenvalue weighted by Crippen LogP contribution is -2.31. The third kappa shape index (κ3) is 3.90. The zero-order valence-electron chi connectivity index (χ0n) is 12.9. The Kier molecular flexibility index (Phi) is 5.08. The van der Waals surface area contributed by atoms with E-state index in [-0.39, 0.29) is 12.1 Å². The van der Waals surface area contributed by atoms with E-state index in [9.17, 15) is 4.79 Å². The van der Waals surface area contributed by atoms with Crippen molar-refractivity contribution in [3.8, 4) is 11.3 Å². The van der Waals surface area contributed by atoms with Crippen LogP contribution in [0.4, 0.5) is 10.5 Å². The van der Waals surface area contributed by atoms with Crippen LogP contribution in [0.3, 0.4) is 0 Å². The molecule has 0 spiro atoms. The number of benzene rings is 2. The molecule has 0 radical (unpaired) electrons. The molecule has 0 saturated carbocycles. The number of amides is 2. The van der Waals surface area contributed by atoms with Gasteiger partial charge in [-0.2, -0.15) is 0 Å². The minimum atomic E-state index is -0.287. The highest BCUT2D eigenvalue weighted by Crippen LogP contribution is 2.23. The first-order valence-electron chi connectivity index (χ1n) is 7.33. The number of carbonyl (C=O) groups excluding carboxylic acids is 1. The molecule has 5 nitrogen and oxygen atoms in total. The standard InChI is InChI=1S/C17H15ClN4OS/c1-11(14-4-2-3-5-15(14)18)19-17(23)20-13-8-6-12(7-9-13)16-10-24-22-21-16/h2-11H,1H3,(H2,19,20,23). The van der Waals surface area contributed by atoms with Gasteiger partial charge in [0.1, 0.15) is 5.69 Å². The minimum Gasteiger partial charge on any atom is -0.331 e. The average molecular weight is 359 g/mol. The molecule has 0 bridgehead atoms. The third-order valence-corrected chi connectivity index (χ3v) is 4.37. The van der Waals surface area contributed by atoms with Gasteiger partial charge in [0.05, 0.1) is 6.04 Å². The molecule has 122 valence electrons. The molecule has 24 heavy (non-hydrogen) atoms. The lowest BCUT2D eigenvalue weighted by molar-refractivity contribution is 0.249. The van der Waals surface area contributed by atoms with Crippen molar-refractivity contribution in [2.75, 3.05) is 5.32 Å². The van der Waals surface area contributed by atoms with Crippen molar-refractivity contribution < 1.29 is 4.79 Å². The second-order valence-electron chi connectivity index (χ2n) is 5.21. The van der Waals surface area contributed by atoms with Gasteiger partial charge in [0.2, 0.25) is 0 Å². The molecule has 0 saturated heterocycles. The zero-order valence-corrected chi connectivity index (χ0v) is 14.4. The quantitative estimate of drug-likeness (QED) is 0.707. The Labute approximate surface area is 148 Å². The first-order chi connectivity index (χ1) is 11.6. The summed E-state index contributed by atoms with van der Waals surface area (Å²) in [7, 11) is 0. The fourth-order valence-corrected chi connectivity index (χ4v) is 3.05. The van der Waals surface area contributed by atoms with Gasteiger partial charge in [0.15, 0.2) is 0 Å². The predicted octanol–water partition coefficient (Wildman–Crippen LogP) is 4.74. The van der Waals surface area contributed by atoms with Crippen LogP contribution in [0.5, 0.6) is 0 Å². The largest absolute Gasteiger partial charge is 0.331 e. The van der Waals surface area contributed by atoms with E-state index in [0.717, 1.165) is 16.8 Å². The second kappa shape index (κ2) is 7.42. The molecule has 0 aliphatic heterocycles. The van der Waals surface area contributed by atoms with E-state index in [1.165, 1.54) is 11.5 Å². The van der Waals surface area contributed by atoms with Crippen molar-refractivity contribution in [1.82, 2.24) is 14.9 Å². The predicted molar refractivity (Wildman–Crippen MR) is 97.4 cm³/mol. The van der Waals surface area contributed by atoms with E-state index in [1.807, 2.05) is 54.8 Å². The summed E-state index contributed by atoms with van der Waals surface area (Å²) in [5.41, 5.74) is 3.36. The monoisotopic (exact) mass is 358 g/mol. The third-order valence-electron chi connectivity index (χ3n) is 3.52. The van der Waals surface area contributed by atoms with Crippen LogP contribution >= 0.6 is 23.1 Å². The maximum Gasteiger partial charge on any atom is 0.319 e. The fourth-order valence-electron chi connectivity index (χ4n) is 2.28. The van der Waals surface area contributed by atoms with Gasteiger partial charge in [0.25, 0.3) is 0 Å². The number of anilines is 1. The molecule has 7 heteroatoms. The number of nitrogens with one attached hydrogen (secondary N) is 2. The maximum absolute atomic E-state index is 12.1. The lowest BCUT2D eigenvalue weighted by atomic mass is 10.1. The van der Waals surface area contributed by atoms with Gasteiger partial charge in [0, 0.05) is 21.7 Å². The highest BCUT2D eigenvalue weighted by molar-refractivity contribution is 7.03. The molecular formula is C17H15ClN4OS. The Morgan fingerprint density at radius 2 is 1.92 bits per heavy atom. The van der Waals surface area contributed by atoms with Crippen LogP contribution < -0.4 is 10.6 Å². The number of halogens is 1. The Bertz CT molecular complexity index is 821.